The Morgan fingerprint density at radius 3 is 1.74 bits per heavy atom. The number of ether oxygens (including phenoxy) is 1. The van der Waals surface area contributed by atoms with Crippen LogP contribution in [0.3, 0.4) is 0 Å². The molecule has 0 aliphatic heterocycles. The molecule has 12 aromatic rings. The third-order valence-corrected chi connectivity index (χ3v) is 13.9. The van der Waals surface area contributed by atoms with E-state index in [0.717, 1.165) is 38.5 Å². The third-order valence-electron chi connectivity index (χ3n) is 13.9. The third kappa shape index (κ3) is 9.93. The molecule has 0 saturated carbocycles. The minimum atomic E-state index is -0.656. The minimum Gasteiger partial charge on any atom is -0.510 e. The number of pyridine rings is 1. The van der Waals surface area contributed by atoms with Gasteiger partial charge in [-0.1, -0.05) is 207 Å². The molecule has 78 heavy (non-hydrogen) atoms. The zero-order valence-electron chi connectivity index (χ0n) is 59.6. The average molecular weight is 1210 g/mol. The van der Waals surface area contributed by atoms with Crippen molar-refractivity contribution in [2.75, 3.05) is 0 Å². The van der Waals surface area contributed by atoms with Crippen LogP contribution in [0.25, 0.3) is 94.5 Å². The minimum absolute atomic E-state index is 0. The Morgan fingerprint density at radius 1 is 0.487 bits per heavy atom. The van der Waals surface area contributed by atoms with Crippen LogP contribution < -0.4 is 9.30 Å². The van der Waals surface area contributed by atoms with Gasteiger partial charge in [-0.25, -0.2) is 4.98 Å². The van der Waals surface area contributed by atoms with Gasteiger partial charge < -0.3 is 13.9 Å². The van der Waals surface area contributed by atoms with E-state index in [9.17, 15) is 5.48 Å². The molecular weight excluding hydrogens is 1130 g/mol. The zero-order valence-corrected chi connectivity index (χ0v) is 46.8. The average Bonchev–Trinajstić information content (AvgIpc) is 1.72. The number of hydrogen-bond acceptors (Lipinski definition) is 2. The van der Waals surface area contributed by atoms with Gasteiger partial charge in [-0.3, -0.25) is 4.57 Å². The summed E-state index contributed by atoms with van der Waals surface area (Å²) >= 11 is 0. The van der Waals surface area contributed by atoms with Gasteiger partial charge >= 0.3 is 0 Å². The van der Waals surface area contributed by atoms with Gasteiger partial charge in [0, 0.05) is 44.3 Å². The smallest absolute Gasteiger partial charge is 0.268 e. The van der Waals surface area contributed by atoms with Crippen LogP contribution in [0.1, 0.15) is 99.6 Å². The molecule has 388 valence electrons. The first-order valence-corrected chi connectivity index (χ1v) is 25.5. The number of para-hydroxylation sites is 1. The molecule has 0 atom stereocenters. The Bertz CT molecular complexity index is 4990. The van der Waals surface area contributed by atoms with Crippen molar-refractivity contribution in [1.29, 1.82) is 0 Å². The number of rotatable bonds is 9. The van der Waals surface area contributed by atoms with Crippen LogP contribution in [0.4, 0.5) is 0 Å². The fourth-order valence-corrected chi connectivity index (χ4v) is 9.79. The molecule has 0 amide bonds. The summed E-state index contributed by atoms with van der Waals surface area (Å²) in [4.78, 5) is 4.84. The number of aromatic nitrogens is 4. The zero-order chi connectivity index (χ0) is 66.3. The summed E-state index contributed by atoms with van der Waals surface area (Å²) < 4.78 is 147. The number of fused-ring (bicyclic) bond motifs is 4. The first-order chi connectivity index (χ1) is 43.3. The van der Waals surface area contributed by atoms with Gasteiger partial charge in [0.05, 0.1) is 37.3 Å². The number of hydrogen-bond donors (Lipinski definition) is 0. The largest absolute Gasteiger partial charge is 0.510 e. The van der Waals surface area contributed by atoms with Crippen LogP contribution in [-0.4, -0.2) is 14.1 Å². The number of nitrogens with zero attached hydrogens (tertiary/aromatic N) is 4. The molecule has 0 bridgehead atoms. The molecule has 5 nitrogen and oxygen atoms in total. The quantitative estimate of drug-likeness (QED) is 0.107. The molecular formula is C72H62N4OPt-2. The molecule has 0 spiro atoms. The summed E-state index contributed by atoms with van der Waals surface area (Å²) in [6.07, 6.45) is 5.35. The summed E-state index contributed by atoms with van der Waals surface area (Å²) in [5.74, 6) is 1.30. The van der Waals surface area contributed by atoms with E-state index in [1.165, 1.54) is 6.07 Å². The van der Waals surface area contributed by atoms with Gasteiger partial charge in [0.2, 0.25) is 0 Å². The predicted octanol–water partition coefficient (Wildman–Crippen LogP) is 18.2. The maximum Gasteiger partial charge on any atom is 0.268 e. The van der Waals surface area contributed by atoms with E-state index in [0.29, 0.717) is 39.4 Å². The SMILES string of the molecule is [2H]c1c([2H])c([2H])c(-c2cc(-c3cc(C(C)(C)C)cc(C(C)(C)C)c3)c(-[n+]3[c-]n(-c4[c-]c(Oc5[c-]c6c(cc5)c5ccccc5n6-c5cc(C(C)(C)C)ccn5)ccc4)c4cc(-c5c([2H])c([2H])c([2H])c([2H])c5[2H])ccc43)c(-c3c([2H])c([2H])c([2H])c([2H])c3[2H])c2)c([2H])c1[2H].[Pt]. The monoisotopic (exact) mass is 1210 g/mol. The standard InChI is InChI=1S/C72H62N4O.Pt/c1-70(2,3)54-36-37-73-68(44-54)76-64-31-20-19-30-60(64)61-34-33-59(46-66(61)76)77-58-29-21-28-57(45-58)74-47-75(65-35-32-51(42-67(65)74)48-22-13-10-14-23-48)69-62(50-26-17-12-18-27-50)40-52(49-24-15-11-16-25-49)41-63(69)53-38-55(71(4,5)6)43-56(39-53)72(7,8)9;/h10-44H,1-9H3;/q-2;/i10D,11D,12D,13D,14D,15D,16D,17D,18D,22D,23D,24D,25D,26D,27D;. The first kappa shape index (κ1) is 36.8. The Kier molecular flexibility index (Phi) is 9.61. The Hall–Kier alpha value is -8.11. The van der Waals surface area contributed by atoms with Crippen molar-refractivity contribution in [2.45, 2.75) is 78.6 Å². The normalized spacial score (nSPS) is 14.8. The van der Waals surface area contributed by atoms with Crippen molar-refractivity contribution in [3.8, 4) is 73.2 Å². The van der Waals surface area contributed by atoms with Crippen molar-refractivity contribution >= 4 is 32.8 Å². The summed E-state index contributed by atoms with van der Waals surface area (Å²) in [5, 5.41) is 1.91. The molecule has 12 rings (SSSR count). The molecule has 0 N–H and O–H groups in total. The summed E-state index contributed by atoms with van der Waals surface area (Å²) in [6.45, 7) is 18.9. The Morgan fingerprint density at radius 2 is 1.09 bits per heavy atom. The number of benzene rings is 9. The molecule has 0 fully saturated rings. The van der Waals surface area contributed by atoms with E-state index in [2.05, 4.69) is 104 Å². The van der Waals surface area contributed by atoms with Gasteiger partial charge in [-0.2, -0.15) is 18.2 Å². The van der Waals surface area contributed by atoms with Crippen molar-refractivity contribution < 1.29 is 50.9 Å². The van der Waals surface area contributed by atoms with Gasteiger partial charge in [0.1, 0.15) is 5.82 Å². The van der Waals surface area contributed by atoms with Gasteiger partial charge in [-0.05, 0) is 125 Å². The molecule has 9 aromatic carbocycles. The second kappa shape index (κ2) is 20.4. The fourth-order valence-electron chi connectivity index (χ4n) is 9.79. The van der Waals surface area contributed by atoms with E-state index >= 15 is 0 Å². The molecule has 3 heterocycles. The van der Waals surface area contributed by atoms with Crippen LogP contribution in [0.2, 0.25) is 0 Å². The van der Waals surface area contributed by atoms with Crippen LogP contribution in [-0.2, 0) is 37.3 Å². The van der Waals surface area contributed by atoms with Gasteiger partial charge in [0.15, 0.2) is 0 Å². The van der Waals surface area contributed by atoms with Crippen LogP contribution in [0, 0.1) is 18.5 Å². The molecule has 0 saturated heterocycles. The fraction of sp³-hybridized carbons (Fsp3) is 0.167. The van der Waals surface area contributed by atoms with Crippen molar-refractivity contribution in [3.63, 3.8) is 0 Å². The second-order valence-electron chi connectivity index (χ2n) is 22.3. The van der Waals surface area contributed by atoms with E-state index in [1.54, 1.807) is 57.8 Å². The van der Waals surface area contributed by atoms with Crippen molar-refractivity contribution in [3.05, 3.63) is 247 Å². The Balaban J connectivity index is 0.00000884. The number of imidazole rings is 1. The van der Waals surface area contributed by atoms with Crippen LogP contribution in [0.5, 0.6) is 11.5 Å². The van der Waals surface area contributed by atoms with Crippen LogP contribution >= 0.6 is 0 Å². The predicted molar refractivity (Wildman–Crippen MR) is 318 cm³/mol. The summed E-state index contributed by atoms with van der Waals surface area (Å²) in [7, 11) is 0. The topological polar surface area (TPSA) is 35.9 Å². The van der Waals surface area contributed by atoms with E-state index < -0.39 is 101 Å². The van der Waals surface area contributed by atoms with Gasteiger partial charge in [0.25, 0.3) is 6.33 Å². The molecule has 0 unspecified atom stereocenters. The van der Waals surface area contributed by atoms with Gasteiger partial charge in [-0.15, -0.1) is 29.7 Å². The molecule has 3 aromatic heterocycles. The Labute approximate surface area is 494 Å². The molecule has 0 aliphatic carbocycles. The van der Waals surface area contributed by atoms with Crippen molar-refractivity contribution in [2.24, 2.45) is 0 Å². The van der Waals surface area contributed by atoms with Crippen LogP contribution in [0.15, 0.2) is 212 Å². The molecule has 6 heteroatoms. The maximum atomic E-state index is 9.62. The van der Waals surface area contributed by atoms with Crippen molar-refractivity contribution in [1.82, 2.24) is 14.1 Å². The molecule has 0 radical (unpaired) electrons. The summed E-state index contributed by atoms with van der Waals surface area (Å²) in [6, 6.07) is 33.8. The van der Waals surface area contributed by atoms with E-state index in [4.69, 9.17) is 24.8 Å². The van der Waals surface area contributed by atoms with E-state index in [-0.39, 0.29) is 71.3 Å². The first-order valence-electron chi connectivity index (χ1n) is 33.0. The second-order valence-corrected chi connectivity index (χ2v) is 22.3. The van der Waals surface area contributed by atoms with E-state index in [1.807, 2.05) is 48.5 Å². The summed E-state index contributed by atoms with van der Waals surface area (Å²) in [5.41, 5.74) is 5.31. The maximum absolute atomic E-state index is 9.62. The molecule has 0 aliphatic rings.